The van der Waals surface area contributed by atoms with Crippen LogP contribution in [0.1, 0.15) is 19.8 Å². The highest BCUT2D eigenvalue weighted by atomic mass is 16.5. The second kappa shape index (κ2) is 4.51. The van der Waals surface area contributed by atoms with E-state index in [-0.39, 0.29) is 0 Å². The van der Waals surface area contributed by atoms with E-state index in [0.717, 1.165) is 30.6 Å². The fourth-order valence-corrected chi connectivity index (χ4v) is 2.00. The SMILES string of the molecule is COc1cccnc1N1CCC(C)CC1. The number of rotatable bonds is 2. The van der Waals surface area contributed by atoms with E-state index in [0.29, 0.717) is 0 Å². The summed E-state index contributed by atoms with van der Waals surface area (Å²) < 4.78 is 5.32. The molecular formula is C12H18N2O. The molecule has 1 aliphatic heterocycles. The number of nitrogens with zero attached hydrogens (tertiary/aromatic N) is 2. The molecule has 82 valence electrons. The van der Waals surface area contributed by atoms with E-state index in [4.69, 9.17) is 4.74 Å². The second-order valence-electron chi connectivity index (χ2n) is 4.20. The van der Waals surface area contributed by atoms with Crippen molar-refractivity contribution in [1.29, 1.82) is 0 Å². The van der Waals surface area contributed by atoms with Gasteiger partial charge in [0, 0.05) is 19.3 Å². The van der Waals surface area contributed by atoms with Crippen LogP contribution < -0.4 is 9.64 Å². The molecule has 0 unspecified atom stereocenters. The van der Waals surface area contributed by atoms with Gasteiger partial charge in [-0.25, -0.2) is 4.98 Å². The molecule has 0 N–H and O–H groups in total. The lowest BCUT2D eigenvalue weighted by Crippen LogP contribution is -2.33. The third kappa shape index (κ3) is 2.22. The lowest BCUT2D eigenvalue weighted by molar-refractivity contribution is 0.401. The summed E-state index contributed by atoms with van der Waals surface area (Å²) in [4.78, 5) is 6.72. The zero-order valence-corrected chi connectivity index (χ0v) is 9.44. The molecule has 0 aromatic carbocycles. The Labute approximate surface area is 91.1 Å². The quantitative estimate of drug-likeness (QED) is 0.742. The smallest absolute Gasteiger partial charge is 0.171 e. The highest BCUT2D eigenvalue weighted by molar-refractivity contribution is 5.52. The van der Waals surface area contributed by atoms with E-state index < -0.39 is 0 Å². The molecule has 0 aliphatic carbocycles. The number of anilines is 1. The maximum Gasteiger partial charge on any atom is 0.171 e. The first-order chi connectivity index (χ1) is 7.31. The maximum absolute atomic E-state index is 5.32. The minimum absolute atomic E-state index is 0.843. The number of pyridine rings is 1. The summed E-state index contributed by atoms with van der Waals surface area (Å²) >= 11 is 0. The van der Waals surface area contributed by atoms with Crippen molar-refractivity contribution in [3.63, 3.8) is 0 Å². The van der Waals surface area contributed by atoms with Crippen LogP contribution in [0.5, 0.6) is 5.75 Å². The predicted molar refractivity (Wildman–Crippen MR) is 61.4 cm³/mol. The molecule has 2 heterocycles. The minimum Gasteiger partial charge on any atom is -0.493 e. The Morgan fingerprint density at radius 3 is 2.80 bits per heavy atom. The molecular weight excluding hydrogens is 188 g/mol. The van der Waals surface area contributed by atoms with Crippen LogP contribution in [-0.4, -0.2) is 25.2 Å². The minimum atomic E-state index is 0.843. The molecule has 0 bridgehead atoms. The van der Waals surface area contributed by atoms with Crippen LogP contribution in [0.25, 0.3) is 0 Å². The van der Waals surface area contributed by atoms with Crippen LogP contribution in [0.4, 0.5) is 5.82 Å². The standard InChI is InChI=1S/C12H18N2O/c1-10-5-8-14(9-6-10)12-11(15-2)4-3-7-13-12/h3-4,7,10H,5-6,8-9H2,1-2H3. The van der Waals surface area contributed by atoms with E-state index >= 15 is 0 Å². The Morgan fingerprint density at radius 1 is 1.40 bits per heavy atom. The zero-order valence-electron chi connectivity index (χ0n) is 9.44. The molecule has 3 nitrogen and oxygen atoms in total. The third-order valence-electron chi connectivity index (χ3n) is 3.05. The first-order valence-electron chi connectivity index (χ1n) is 5.55. The lowest BCUT2D eigenvalue weighted by Gasteiger charge is -2.31. The van der Waals surface area contributed by atoms with Gasteiger partial charge in [-0.15, -0.1) is 0 Å². The van der Waals surface area contributed by atoms with Gasteiger partial charge in [0.2, 0.25) is 0 Å². The molecule has 1 aromatic rings. The fraction of sp³-hybridized carbons (Fsp3) is 0.583. The van der Waals surface area contributed by atoms with Gasteiger partial charge >= 0.3 is 0 Å². The van der Waals surface area contributed by atoms with E-state index in [1.807, 2.05) is 18.3 Å². The molecule has 15 heavy (non-hydrogen) atoms. The van der Waals surface area contributed by atoms with E-state index in [9.17, 15) is 0 Å². The van der Waals surface area contributed by atoms with Gasteiger partial charge in [0.05, 0.1) is 7.11 Å². The van der Waals surface area contributed by atoms with Crippen LogP contribution in [-0.2, 0) is 0 Å². The van der Waals surface area contributed by atoms with Gasteiger partial charge in [0.25, 0.3) is 0 Å². The van der Waals surface area contributed by atoms with Gasteiger partial charge in [-0.05, 0) is 30.9 Å². The number of piperidine rings is 1. The Hall–Kier alpha value is -1.25. The van der Waals surface area contributed by atoms with Crippen LogP contribution in [0, 0.1) is 5.92 Å². The summed E-state index contributed by atoms with van der Waals surface area (Å²) in [5.74, 6) is 2.72. The van der Waals surface area contributed by atoms with Crippen molar-refractivity contribution in [2.45, 2.75) is 19.8 Å². The average molecular weight is 206 g/mol. The largest absolute Gasteiger partial charge is 0.493 e. The van der Waals surface area contributed by atoms with Crippen molar-refractivity contribution in [3.8, 4) is 5.75 Å². The Kier molecular flexibility index (Phi) is 3.09. The first-order valence-corrected chi connectivity index (χ1v) is 5.55. The summed E-state index contributed by atoms with van der Waals surface area (Å²) in [5, 5.41) is 0. The number of aromatic nitrogens is 1. The van der Waals surface area contributed by atoms with Gasteiger partial charge in [0.1, 0.15) is 0 Å². The highest BCUT2D eigenvalue weighted by Crippen LogP contribution is 2.28. The molecule has 2 rings (SSSR count). The average Bonchev–Trinajstić information content (AvgIpc) is 2.30. The highest BCUT2D eigenvalue weighted by Gasteiger charge is 2.19. The van der Waals surface area contributed by atoms with E-state index in [1.165, 1.54) is 12.8 Å². The molecule has 0 saturated carbocycles. The topological polar surface area (TPSA) is 25.4 Å². The summed E-state index contributed by atoms with van der Waals surface area (Å²) in [6.07, 6.45) is 4.33. The molecule has 1 aromatic heterocycles. The Balaban J connectivity index is 2.15. The summed E-state index contributed by atoms with van der Waals surface area (Å²) in [6, 6.07) is 3.88. The van der Waals surface area contributed by atoms with Gasteiger partial charge in [-0.1, -0.05) is 6.92 Å². The normalized spacial score (nSPS) is 17.9. The van der Waals surface area contributed by atoms with Crippen molar-refractivity contribution in [1.82, 2.24) is 4.98 Å². The maximum atomic E-state index is 5.32. The number of hydrogen-bond donors (Lipinski definition) is 0. The van der Waals surface area contributed by atoms with Gasteiger partial charge in [-0.2, -0.15) is 0 Å². The lowest BCUT2D eigenvalue weighted by atomic mass is 9.99. The molecule has 3 heteroatoms. The molecule has 0 amide bonds. The molecule has 0 atom stereocenters. The van der Waals surface area contributed by atoms with Crippen LogP contribution in [0.15, 0.2) is 18.3 Å². The molecule has 0 radical (unpaired) electrons. The molecule has 0 spiro atoms. The molecule has 1 aliphatic rings. The van der Waals surface area contributed by atoms with Gasteiger partial charge in [-0.3, -0.25) is 0 Å². The Morgan fingerprint density at radius 2 is 2.13 bits per heavy atom. The van der Waals surface area contributed by atoms with Crippen LogP contribution in [0.2, 0.25) is 0 Å². The van der Waals surface area contributed by atoms with Crippen molar-refractivity contribution >= 4 is 5.82 Å². The first kappa shape index (κ1) is 10.3. The van der Waals surface area contributed by atoms with Gasteiger partial charge < -0.3 is 9.64 Å². The van der Waals surface area contributed by atoms with Crippen LogP contribution >= 0.6 is 0 Å². The fourth-order valence-electron chi connectivity index (χ4n) is 2.00. The second-order valence-corrected chi connectivity index (χ2v) is 4.20. The summed E-state index contributed by atoms with van der Waals surface area (Å²) in [6.45, 7) is 4.50. The third-order valence-corrected chi connectivity index (χ3v) is 3.05. The molecule has 1 saturated heterocycles. The van der Waals surface area contributed by atoms with Crippen molar-refractivity contribution < 1.29 is 4.74 Å². The van der Waals surface area contributed by atoms with E-state index in [1.54, 1.807) is 7.11 Å². The van der Waals surface area contributed by atoms with Gasteiger partial charge in [0.15, 0.2) is 11.6 Å². The van der Waals surface area contributed by atoms with Crippen molar-refractivity contribution in [2.75, 3.05) is 25.1 Å². The summed E-state index contributed by atoms with van der Waals surface area (Å²) in [7, 11) is 1.70. The predicted octanol–water partition coefficient (Wildman–Crippen LogP) is 2.33. The Bertz CT molecular complexity index is 319. The number of ether oxygens (including phenoxy) is 1. The van der Waals surface area contributed by atoms with E-state index in [2.05, 4.69) is 16.8 Å². The van der Waals surface area contributed by atoms with Crippen LogP contribution in [0.3, 0.4) is 0 Å². The zero-order chi connectivity index (χ0) is 10.7. The number of hydrogen-bond acceptors (Lipinski definition) is 3. The van der Waals surface area contributed by atoms with Crippen molar-refractivity contribution in [2.24, 2.45) is 5.92 Å². The molecule has 1 fully saturated rings. The van der Waals surface area contributed by atoms with Crippen molar-refractivity contribution in [3.05, 3.63) is 18.3 Å². The summed E-state index contributed by atoms with van der Waals surface area (Å²) in [5.41, 5.74) is 0. The monoisotopic (exact) mass is 206 g/mol. The number of methoxy groups -OCH3 is 1.